The minimum absolute atomic E-state index is 0.0141. The van der Waals surface area contributed by atoms with Gasteiger partial charge >= 0.3 is 32.1 Å². The van der Waals surface area contributed by atoms with Crippen LogP contribution in [0.25, 0.3) is 33.5 Å². The number of methoxy groups -OCH3 is 2. The highest BCUT2D eigenvalue weighted by molar-refractivity contribution is 7.15. The Hall–Kier alpha value is -6.36. The van der Waals surface area contributed by atoms with Crippen LogP contribution in [0, 0.1) is 20.8 Å². The molecule has 0 saturated carbocycles. The maximum atomic E-state index is 16.3. The Morgan fingerprint density at radius 3 is 1.27 bits per heavy atom. The highest BCUT2D eigenvalue weighted by Crippen LogP contribution is 2.50. The molecular formula is C53H50BF14N2O2P. The van der Waals surface area contributed by atoms with Gasteiger partial charge in [-0.1, -0.05) is 52.1 Å². The van der Waals surface area contributed by atoms with Crippen LogP contribution in [0.1, 0.15) is 89.0 Å². The lowest BCUT2D eigenvalue weighted by Crippen LogP contribution is -2.19. The summed E-state index contributed by atoms with van der Waals surface area (Å²) in [5.41, 5.74) is -11.0. The number of nitrogens with zero attached hydrogens (tertiary/aromatic N) is 2. The predicted octanol–water partition coefficient (Wildman–Crippen LogP) is 17.5. The van der Waals surface area contributed by atoms with Gasteiger partial charge in [-0.3, -0.25) is 8.63 Å². The topological polar surface area (TPSA) is 35.8 Å². The molecule has 4 nitrogen and oxygen atoms in total. The van der Waals surface area contributed by atoms with Crippen LogP contribution >= 0.6 is 9.24 Å². The van der Waals surface area contributed by atoms with Crippen LogP contribution in [-0.2, 0) is 24.7 Å². The number of aryl methyl sites for hydroxylation is 3. The number of halogens is 14. The molecule has 0 radical (unpaired) electrons. The number of ether oxygens (including phenoxy) is 2. The number of allylic oxidation sites excluding steroid dienone is 2. The van der Waals surface area contributed by atoms with Gasteiger partial charge in [-0.2, -0.15) is 52.7 Å². The molecule has 6 aromatic rings. The molecule has 1 aliphatic rings. The van der Waals surface area contributed by atoms with Gasteiger partial charge in [0.2, 0.25) is 0 Å². The molecule has 0 fully saturated rings. The van der Waals surface area contributed by atoms with E-state index in [1.54, 1.807) is 19.1 Å². The van der Waals surface area contributed by atoms with Crippen molar-refractivity contribution in [2.75, 3.05) is 20.9 Å². The molecule has 1 aliphatic heterocycles. The summed E-state index contributed by atoms with van der Waals surface area (Å²) >= 11 is 0. The monoisotopic (exact) mass is 1050 g/mol. The number of aliphatic imine (C=N–C) groups is 1. The Morgan fingerprint density at radius 1 is 0.521 bits per heavy atom. The van der Waals surface area contributed by atoms with Gasteiger partial charge in [-0.05, 0) is 151 Å². The Labute approximate surface area is 416 Å². The van der Waals surface area contributed by atoms with Crippen molar-refractivity contribution < 1.29 is 70.8 Å². The zero-order valence-electron chi connectivity index (χ0n) is 41.0. The largest absolute Gasteiger partial charge is 0.678 e. The van der Waals surface area contributed by atoms with E-state index in [1.807, 2.05) is 34.4 Å². The molecule has 7 rings (SSSR count). The van der Waals surface area contributed by atoms with Gasteiger partial charge in [0.25, 0.3) is 0 Å². The van der Waals surface area contributed by atoms with E-state index in [9.17, 15) is 52.7 Å². The number of benzene rings is 5. The van der Waals surface area contributed by atoms with Gasteiger partial charge in [0, 0.05) is 28.0 Å². The number of hydrogen-bond donors (Lipinski definition) is 0. The number of alkyl halides is 12. The third-order valence-corrected chi connectivity index (χ3v) is 11.0. The van der Waals surface area contributed by atoms with E-state index in [-0.39, 0.29) is 51.4 Å². The minimum atomic E-state index is -5.41. The first-order chi connectivity index (χ1) is 34.2. The molecule has 0 N–H and O–H groups in total. The molecule has 73 heavy (non-hydrogen) atoms. The quantitative estimate of drug-likeness (QED) is 0.0822. The molecule has 1 unspecified atom stereocenters. The molecule has 0 aliphatic carbocycles. The van der Waals surface area contributed by atoms with Crippen LogP contribution < -0.4 is 9.47 Å². The average molecular weight is 1050 g/mol. The van der Waals surface area contributed by atoms with Crippen molar-refractivity contribution in [3.63, 3.8) is 0 Å². The Morgan fingerprint density at radius 2 is 0.904 bits per heavy atom. The highest BCUT2D eigenvalue weighted by Gasteiger charge is 2.41. The van der Waals surface area contributed by atoms with Gasteiger partial charge in [0.15, 0.2) is 0 Å². The summed E-state index contributed by atoms with van der Waals surface area (Å²) in [6.07, 6.45) is -20.4. The fraction of sp³-hybridized carbons (Fsp3) is 0.264. The highest BCUT2D eigenvalue weighted by atomic mass is 31.0. The standard InChI is InChI=1S/C48H33BF14N2O2.2C2H6.CH5P/c1-24-14-25(2)41(26(3)15-24)42(43-37(22-39(64-43)27-6-10-35(66-4)11-7-27)29-16-31(45(50,51)52)20-32(17-29)46(53,54)55)44-38(30-18-33(47(56,57)58)21-34(19-30)48(59,60)61)23-40(65(44)49(62)63)28-8-12-36(67-5)13-9-28;3*1-2/h6-23H,1-5H3;2*1-2H3;2H2,1H3/b43-42-;;;. The maximum Gasteiger partial charge on any atom is 0.678 e. The lowest BCUT2D eigenvalue weighted by molar-refractivity contribution is -0.144. The Balaban J connectivity index is 0.00000186. The molecule has 20 heteroatoms. The van der Waals surface area contributed by atoms with Gasteiger partial charge in [-0.25, -0.2) is 4.99 Å². The van der Waals surface area contributed by atoms with Crippen LogP contribution in [0.4, 0.5) is 61.3 Å². The van der Waals surface area contributed by atoms with Crippen LogP contribution in [0.2, 0.25) is 0 Å². The van der Waals surface area contributed by atoms with Crippen molar-refractivity contribution in [3.05, 3.63) is 176 Å². The third kappa shape index (κ3) is 13.3. The molecular weight excluding hydrogens is 1000 g/mol. The van der Waals surface area contributed by atoms with E-state index in [0.29, 0.717) is 40.1 Å². The van der Waals surface area contributed by atoms with Gasteiger partial charge in [0.05, 0.1) is 53.6 Å². The third-order valence-electron chi connectivity index (χ3n) is 11.0. The van der Waals surface area contributed by atoms with E-state index >= 15 is 8.63 Å². The number of aromatic nitrogens is 1. The van der Waals surface area contributed by atoms with E-state index < -0.39 is 99.3 Å². The van der Waals surface area contributed by atoms with Crippen LogP contribution in [0.15, 0.2) is 120 Å². The Kier molecular flexibility index (Phi) is 19.2. The van der Waals surface area contributed by atoms with E-state index in [0.717, 1.165) is 12.1 Å². The fourth-order valence-electron chi connectivity index (χ4n) is 8.07. The fourth-order valence-corrected chi connectivity index (χ4v) is 8.07. The first kappa shape index (κ1) is 59.2. The first-order valence-corrected chi connectivity index (χ1v) is 23.5. The van der Waals surface area contributed by atoms with Crippen molar-refractivity contribution in [3.8, 4) is 33.9 Å². The first-order valence-electron chi connectivity index (χ1n) is 22.3. The van der Waals surface area contributed by atoms with Crippen molar-refractivity contribution >= 4 is 33.5 Å². The summed E-state index contributed by atoms with van der Waals surface area (Å²) < 4.78 is 217. The van der Waals surface area contributed by atoms with E-state index in [4.69, 9.17) is 14.5 Å². The van der Waals surface area contributed by atoms with Crippen molar-refractivity contribution in [2.24, 2.45) is 4.99 Å². The summed E-state index contributed by atoms with van der Waals surface area (Å²) in [5.74, 6) is 0.563. The zero-order chi connectivity index (χ0) is 55.1. The molecule has 0 amide bonds. The second kappa shape index (κ2) is 23.7. The average Bonchev–Trinajstić information content (AvgIpc) is 3.97. The lowest BCUT2D eigenvalue weighted by Gasteiger charge is -2.23. The van der Waals surface area contributed by atoms with Crippen molar-refractivity contribution in [1.82, 2.24) is 4.48 Å². The molecule has 5 aromatic carbocycles. The molecule has 1 aromatic heterocycles. The summed E-state index contributed by atoms with van der Waals surface area (Å²) in [5, 5.41) is 0. The lowest BCUT2D eigenvalue weighted by atomic mass is 9.85. The predicted molar refractivity (Wildman–Crippen MR) is 264 cm³/mol. The molecule has 0 saturated heterocycles. The van der Waals surface area contributed by atoms with Crippen LogP contribution in [-0.4, -0.2) is 38.5 Å². The maximum absolute atomic E-state index is 16.3. The minimum Gasteiger partial charge on any atom is -0.497 e. The summed E-state index contributed by atoms with van der Waals surface area (Å²) in [4.78, 5) is 4.73. The van der Waals surface area contributed by atoms with E-state index in [2.05, 4.69) is 9.24 Å². The van der Waals surface area contributed by atoms with Crippen LogP contribution in [0.3, 0.4) is 0 Å². The summed E-state index contributed by atoms with van der Waals surface area (Å²) in [6, 6.07) is 16.4. The number of hydrogen-bond acceptors (Lipinski definition) is 3. The normalized spacial score (nSPS) is 13.3. The smallest absolute Gasteiger partial charge is 0.497 e. The molecule has 0 bridgehead atoms. The van der Waals surface area contributed by atoms with E-state index in [1.165, 1.54) is 76.6 Å². The van der Waals surface area contributed by atoms with Gasteiger partial charge in [0.1, 0.15) is 11.5 Å². The molecule has 1 atom stereocenters. The van der Waals surface area contributed by atoms with Crippen molar-refractivity contribution in [2.45, 2.75) is 73.2 Å². The van der Waals surface area contributed by atoms with Gasteiger partial charge < -0.3 is 14.0 Å². The summed E-state index contributed by atoms with van der Waals surface area (Å²) in [7, 11) is 1.40. The van der Waals surface area contributed by atoms with Gasteiger partial charge in [-0.15, -0.1) is 9.24 Å². The number of rotatable bonds is 9. The summed E-state index contributed by atoms with van der Waals surface area (Å²) in [6.45, 7) is 14.6. The molecule has 2 heterocycles. The van der Waals surface area contributed by atoms with Crippen LogP contribution in [0.5, 0.6) is 11.5 Å². The molecule has 390 valence electrons. The SMILES string of the molecule is CC.CC.COc1ccc(C2=N/C(=C(/c3c(C)cc(C)cc3C)c3c(-c4cc(C(F)(F)F)cc(C(F)(F)F)c4)cc(-c4ccc(OC)cc4)n3B(F)F)C(c3cc(C(F)(F)F)cc(C(F)(F)F)c3)=C2)cc1.CP. The second-order valence-electron chi connectivity index (χ2n) is 15.5. The second-order valence-corrected chi connectivity index (χ2v) is 15.5. The molecule has 0 spiro atoms. The van der Waals surface area contributed by atoms with Crippen molar-refractivity contribution in [1.29, 1.82) is 0 Å². The zero-order valence-corrected chi connectivity index (χ0v) is 42.2. The Bertz CT molecular complexity index is 2900.